The summed E-state index contributed by atoms with van der Waals surface area (Å²) in [7, 11) is 0. The molecule has 0 saturated carbocycles. The minimum absolute atomic E-state index is 0.187. The molecule has 0 bridgehead atoms. The fourth-order valence-corrected chi connectivity index (χ4v) is 0.712. The van der Waals surface area contributed by atoms with Gasteiger partial charge in [-0.05, 0) is 0 Å². The SMILES string of the molecule is C#CCOCC(O)COCCOC=C. The van der Waals surface area contributed by atoms with Crippen LogP contribution in [0.3, 0.4) is 0 Å². The van der Waals surface area contributed by atoms with E-state index in [1.165, 1.54) is 6.26 Å². The monoisotopic (exact) mass is 200 g/mol. The third kappa shape index (κ3) is 9.07. The molecule has 4 heteroatoms. The molecule has 0 aliphatic rings. The van der Waals surface area contributed by atoms with Crippen molar-refractivity contribution in [3.8, 4) is 12.3 Å². The van der Waals surface area contributed by atoms with E-state index in [9.17, 15) is 5.11 Å². The Morgan fingerprint density at radius 3 is 2.71 bits per heavy atom. The number of hydrogen-bond acceptors (Lipinski definition) is 4. The highest BCUT2D eigenvalue weighted by Gasteiger charge is 2.03. The van der Waals surface area contributed by atoms with Gasteiger partial charge in [0.15, 0.2) is 0 Å². The van der Waals surface area contributed by atoms with Crippen LogP contribution in [0.15, 0.2) is 12.8 Å². The van der Waals surface area contributed by atoms with Gasteiger partial charge >= 0.3 is 0 Å². The second-order valence-corrected chi connectivity index (χ2v) is 2.49. The van der Waals surface area contributed by atoms with E-state index in [1.807, 2.05) is 0 Å². The topological polar surface area (TPSA) is 47.9 Å². The summed E-state index contributed by atoms with van der Waals surface area (Å²) in [5.74, 6) is 2.30. The van der Waals surface area contributed by atoms with Crippen molar-refractivity contribution in [3.05, 3.63) is 12.8 Å². The van der Waals surface area contributed by atoms with Gasteiger partial charge in [-0.1, -0.05) is 12.5 Å². The summed E-state index contributed by atoms with van der Waals surface area (Å²) in [6.45, 7) is 4.83. The number of terminal acetylenes is 1. The highest BCUT2D eigenvalue weighted by Crippen LogP contribution is 1.88. The van der Waals surface area contributed by atoms with Crippen molar-refractivity contribution < 1.29 is 19.3 Å². The van der Waals surface area contributed by atoms with Crippen LogP contribution < -0.4 is 0 Å². The van der Waals surface area contributed by atoms with E-state index >= 15 is 0 Å². The van der Waals surface area contributed by atoms with Crippen LogP contribution in [-0.2, 0) is 14.2 Å². The lowest BCUT2D eigenvalue weighted by atomic mass is 10.4. The first-order valence-electron chi connectivity index (χ1n) is 4.30. The van der Waals surface area contributed by atoms with Crippen molar-refractivity contribution in [1.82, 2.24) is 0 Å². The lowest BCUT2D eigenvalue weighted by Gasteiger charge is -2.10. The maximum Gasteiger partial charge on any atom is 0.111 e. The van der Waals surface area contributed by atoms with Crippen LogP contribution in [0.2, 0.25) is 0 Å². The number of aliphatic hydroxyl groups is 1. The molecule has 0 radical (unpaired) electrons. The van der Waals surface area contributed by atoms with E-state index in [2.05, 4.69) is 12.5 Å². The van der Waals surface area contributed by atoms with Crippen molar-refractivity contribution in [2.45, 2.75) is 6.10 Å². The van der Waals surface area contributed by atoms with Crippen LogP contribution in [0.5, 0.6) is 0 Å². The Hall–Kier alpha value is -1.02. The Kier molecular flexibility index (Phi) is 9.33. The highest BCUT2D eigenvalue weighted by atomic mass is 16.5. The molecule has 0 aromatic rings. The van der Waals surface area contributed by atoms with Crippen molar-refractivity contribution in [2.75, 3.05) is 33.0 Å². The van der Waals surface area contributed by atoms with Crippen LogP contribution in [0, 0.1) is 12.3 Å². The summed E-state index contributed by atoms with van der Waals surface area (Å²) < 4.78 is 14.8. The fraction of sp³-hybridized carbons (Fsp3) is 0.600. The second kappa shape index (κ2) is 10.1. The molecule has 0 saturated heterocycles. The summed E-state index contributed by atoms with van der Waals surface area (Å²) in [6.07, 6.45) is 5.65. The van der Waals surface area contributed by atoms with Crippen molar-refractivity contribution in [1.29, 1.82) is 0 Å². The lowest BCUT2D eigenvalue weighted by Crippen LogP contribution is -2.22. The first-order chi connectivity index (χ1) is 6.81. The molecule has 0 amide bonds. The maximum atomic E-state index is 9.25. The average Bonchev–Trinajstić information content (AvgIpc) is 2.18. The van der Waals surface area contributed by atoms with Crippen molar-refractivity contribution in [3.63, 3.8) is 0 Å². The molecule has 14 heavy (non-hydrogen) atoms. The Bertz CT molecular complexity index is 173. The van der Waals surface area contributed by atoms with Gasteiger partial charge in [-0.25, -0.2) is 0 Å². The molecule has 0 heterocycles. The first kappa shape index (κ1) is 13.0. The third-order valence-corrected chi connectivity index (χ3v) is 1.27. The predicted octanol–water partition coefficient (Wildman–Crippen LogP) is 0.174. The number of ether oxygens (including phenoxy) is 3. The zero-order valence-electron chi connectivity index (χ0n) is 8.15. The van der Waals surface area contributed by atoms with Crippen LogP contribution in [0.25, 0.3) is 0 Å². The van der Waals surface area contributed by atoms with Crippen molar-refractivity contribution >= 4 is 0 Å². The van der Waals surface area contributed by atoms with E-state index in [4.69, 9.17) is 20.6 Å². The molecule has 1 atom stereocenters. The lowest BCUT2D eigenvalue weighted by molar-refractivity contribution is -0.0202. The molecule has 4 nitrogen and oxygen atoms in total. The van der Waals surface area contributed by atoms with E-state index in [1.54, 1.807) is 0 Å². The van der Waals surface area contributed by atoms with E-state index in [0.29, 0.717) is 13.2 Å². The molecular formula is C10H16O4. The van der Waals surface area contributed by atoms with Gasteiger partial charge in [0.1, 0.15) is 19.3 Å². The van der Waals surface area contributed by atoms with Crippen molar-refractivity contribution in [2.24, 2.45) is 0 Å². The zero-order chi connectivity index (χ0) is 10.6. The summed E-state index contributed by atoms with van der Waals surface area (Å²) in [5.41, 5.74) is 0. The van der Waals surface area contributed by atoms with Gasteiger partial charge in [-0.15, -0.1) is 6.42 Å². The number of aliphatic hydroxyl groups excluding tert-OH is 1. The molecule has 80 valence electrons. The summed E-state index contributed by atoms with van der Waals surface area (Å²) in [6, 6.07) is 0. The molecule has 0 aromatic carbocycles. The smallest absolute Gasteiger partial charge is 0.111 e. The van der Waals surface area contributed by atoms with Crippen LogP contribution in [-0.4, -0.2) is 44.2 Å². The molecule has 0 aliphatic carbocycles. The van der Waals surface area contributed by atoms with E-state index < -0.39 is 6.10 Å². The van der Waals surface area contributed by atoms with Crippen LogP contribution >= 0.6 is 0 Å². The molecule has 0 rings (SSSR count). The van der Waals surface area contributed by atoms with Gasteiger partial charge in [-0.3, -0.25) is 0 Å². The Labute approximate surface area is 84.5 Å². The number of rotatable bonds is 9. The minimum atomic E-state index is -0.646. The molecule has 1 unspecified atom stereocenters. The van der Waals surface area contributed by atoms with Gasteiger partial charge in [0.2, 0.25) is 0 Å². The van der Waals surface area contributed by atoms with E-state index in [-0.39, 0.29) is 19.8 Å². The molecule has 0 aliphatic heterocycles. The number of hydrogen-bond donors (Lipinski definition) is 1. The molecule has 0 aromatic heterocycles. The standard InChI is InChI=1S/C10H16O4/c1-3-5-13-8-10(11)9-14-7-6-12-4-2/h1,4,10-11H,2,5-9H2. The zero-order valence-corrected chi connectivity index (χ0v) is 8.15. The average molecular weight is 200 g/mol. The van der Waals surface area contributed by atoms with Gasteiger partial charge in [0.25, 0.3) is 0 Å². The molecule has 1 N–H and O–H groups in total. The maximum absolute atomic E-state index is 9.25. The summed E-state index contributed by atoms with van der Waals surface area (Å²) >= 11 is 0. The fourth-order valence-electron chi connectivity index (χ4n) is 0.712. The normalized spacial score (nSPS) is 11.7. The third-order valence-electron chi connectivity index (χ3n) is 1.27. The quantitative estimate of drug-likeness (QED) is 0.327. The predicted molar refractivity (Wildman–Crippen MR) is 52.6 cm³/mol. The highest BCUT2D eigenvalue weighted by molar-refractivity contribution is 4.82. The van der Waals surface area contributed by atoms with Crippen LogP contribution in [0.1, 0.15) is 0 Å². The van der Waals surface area contributed by atoms with E-state index in [0.717, 1.165) is 0 Å². The van der Waals surface area contributed by atoms with Gasteiger partial charge in [0.05, 0.1) is 26.1 Å². The second-order valence-electron chi connectivity index (χ2n) is 2.49. The van der Waals surface area contributed by atoms with Gasteiger partial charge < -0.3 is 19.3 Å². The molecule has 0 fully saturated rings. The summed E-state index contributed by atoms with van der Waals surface area (Å²) in [4.78, 5) is 0. The van der Waals surface area contributed by atoms with Crippen LogP contribution in [0.4, 0.5) is 0 Å². The molecular weight excluding hydrogens is 184 g/mol. The summed E-state index contributed by atoms with van der Waals surface area (Å²) in [5, 5.41) is 9.25. The Balaban J connectivity index is 3.14. The Morgan fingerprint density at radius 2 is 2.07 bits per heavy atom. The Morgan fingerprint density at radius 1 is 1.36 bits per heavy atom. The first-order valence-corrected chi connectivity index (χ1v) is 4.30. The van der Waals surface area contributed by atoms with Gasteiger partial charge in [0, 0.05) is 0 Å². The minimum Gasteiger partial charge on any atom is -0.499 e. The molecule has 0 spiro atoms. The largest absolute Gasteiger partial charge is 0.499 e. The van der Waals surface area contributed by atoms with Gasteiger partial charge in [-0.2, -0.15) is 0 Å².